The van der Waals surface area contributed by atoms with Gasteiger partial charge in [0.1, 0.15) is 17.3 Å². The number of halogens is 3. The lowest BCUT2D eigenvalue weighted by Gasteiger charge is -2.33. The molecule has 2 unspecified atom stereocenters. The summed E-state index contributed by atoms with van der Waals surface area (Å²) in [5, 5.41) is 3.50. The number of amides is 2. The minimum atomic E-state index is -0.873. The quantitative estimate of drug-likeness (QED) is 0.458. The molecular formula is C25H21Cl2FN2O4. The van der Waals surface area contributed by atoms with Crippen molar-refractivity contribution in [1.82, 2.24) is 0 Å². The molecule has 4 rings (SSSR count). The van der Waals surface area contributed by atoms with E-state index in [4.69, 9.17) is 32.7 Å². The zero-order valence-electron chi connectivity index (χ0n) is 18.3. The molecule has 0 radical (unpaired) electrons. The van der Waals surface area contributed by atoms with E-state index in [0.717, 1.165) is 0 Å². The minimum Gasteiger partial charge on any atom is -0.479 e. The van der Waals surface area contributed by atoms with Gasteiger partial charge in [0, 0.05) is 16.3 Å². The lowest BCUT2D eigenvalue weighted by molar-refractivity contribution is -0.125. The van der Waals surface area contributed by atoms with Crippen molar-refractivity contribution in [1.29, 1.82) is 0 Å². The summed E-state index contributed by atoms with van der Waals surface area (Å²) in [4.78, 5) is 27.0. The molecule has 34 heavy (non-hydrogen) atoms. The van der Waals surface area contributed by atoms with Gasteiger partial charge in [-0.05, 0) is 56.3 Å². The van der Waals surface area contributed by atoms with E-state index in [0.29, 0.717) is 33.5 Å². The van der Waals surface area contributed by atoms with Crippen molar-refractivity contribution in [3.63, 3.8) is 0 Å². The molecule has 3 aromatic carbocycles. The highest BCUT2D eigenvalue weighted by Gasteiger charge is 2.32. The maximum atomic E-state index is 14.3. The van der Waals surface area contributed by atoms with Gasteiger partial charge in [-0.15, -0.1) is 0 Å². The van der Waals surface area contributed by atoms with Crippen LogP contribution in [0.2, 0.25) is 10.0 Å². The van der Waals surface area contributed by atoms with E-state index >= 15 is 0 Å². The number of carbonyl (C=O) groups excluding carboxylic acids is 2. The third kappa shape index (κ3) is 5.11. The van der Waals surface area contributed by atoms with Crippen LogP contribution in [0.1, 0.15) is 19.4 Å². The molecule has 0 aromatic heterocycles. The second-order valence-electron chi connectivity index (χ2n) is 7.78. The van der Waals surface area contributed by atoms with Gasteiger partial charge in [-0.25, -0.2) is 4.39 Å². The first-order chi connectivity index (χ1) is 16.2. The molecule has 6 nitrogen and oxygen atoms in total. The Hall–Kier alpha value is -3.29. The van der Waals surface area contributed by atoms with Crippen LogP contribution < -0.4 is 19.7 Å². The lowest BCUT2D eigenvalue weighted by atomic mass is 10.1. The standard InChI is InChI=1S/C25H21Cl2FN2O4/c1-14(33-22-9-7-17(26)11-19(22)27)24(31)29-18-8-10-23-21(12-18)30(25(32)15(2)34-23)13-16-5-3-4-6-20(16)28/h3-12,14-15H,13H2,1-2H3,(H,29,31). The highest BCUT2D eigenvalue weighted by molar-refractivity contribution is 6.35. The molecule has 176 valence electrons. The summed E-state index contributed by atoms with van der Waals surface area (Å²) in [5.41, 5.74) is 1.22. The van der Waals surface area contributed by atoms with Gasteiger partial charge >= 0.3 is 0 Å². The highest BCUT2D eigenvalue weighted by atomic mass is 35.5. The fraction of sp³-hybridized carbons (Fsp3) is 0.200. The van der Waals surface area contributed by atoms with Gasteiger partial charge in [-0.3, -0.25) is 9.59 Å². The Morgan fingerprint density at radius 3 is 2.68 bits per heavy atom. The second-order valence-corrected chi connectivity index (χ2v) is 8.63. The number of fused-ring (bicyclic) bond motifs is 1. The van der Waals surface area contributed by atoms with E-state index in [1.54, 1.807) is 62.4 Å². The Kier molecular flexibility index (Phi) is 6.95. The lowest BCUT2D eigenvalue weighted by Crippen LogP contribution is -2.44. The number of nitrogens with zero attached hydrogens (tertiary/aromatic N) is 1. The summed E-state index contributed by atoms with van der Waals surface area (Å²) in [6.07, 6.45) is -1.60. The van der Waals surface area contributed by atoms with Crippen LogP contribution in [0.25, 0.3) is 0 Å². The van der Waals surface area contributed by atoms with Crippen molar-refractivity contribution >= 4 is 46.4 Å². The summed E-state index contributed by atoms with van der Waals surface area (Å²) in [6.45, 7) is 3.24. The Morgan fingerprint density at radius 1 is 1.18 bits per heavy atom. The summed E-state index contributed by atoms with van der Waals surface area (Å²) < 4.78 is 25.6. The maximum Gasteiger partial charge on any atom is 0.268 e. The van der Waals surface area contributed by atoms with Crippen LogP contribution in [0.5, 0.6) is 11.5 Å². The van der Waals surface area contributed by atoms with E-state index in [-0.39, 0.29) is 17.5 Å². The summed E-state index contributed by atoms with van der Waals surface area (Å²) in [6, 6.07) is 15.9. The van der Waals surface area contributed by atoms with Crippen LogP contribution >= 0.6 is 23.2 Å². The van der Waals surface area contributed by atoms with Crippen molar-refractivity contribution in [3.8, 4) is 11.5 Å². The molecule has 0 aliphatic carbocycles. The number of benzene rings is 3. The van der Waals surface area contributed by atoms with Crippen molar-refractivity contribution in [2.75, 3.05) is 10.2 Å². The average molecular weight is 503 g/mol. The second kappa shape index (κ2) is 9.91. The third-order valence-electron chi connectivity index (χ3n) is 5.29. The molecule has 1 N–H and O–H groups in total. The monoisotopic (exact) mass is 502 g/mol. The molecule has 2 atom stereocenters. The van der Waals surface area contributed by atoms with E-state index in [9.17, 15) is 14.0 Å². The van der Waals surface area contributed by atoms with Crippen LogP contribution in [0.15, 0.2) is 60.7 Å². The summed E-state index contributed by atoms with van der Waals surface area (Å²) >= 11 is 12.0. The van der Waals surface area contributed by atoms with Crippen molar-refractivity contribution in [2.45, 2.75) is 32.6 Å². The van der Waals surface area contributed by atoms with E-state index < -0.39 is 23.9 Å². The Bertz CT molecular complexity index is 1250. The molecule has 1 aliphatic heterocycles. The first-order valence-corrected chi connectivity index (χ1v) is 11.3. The van der Waals surface area contributed by atoms with Crippen LogP contribution in [0, 0.1) is 5.82 Å². The van der Waals surface area contributed by atoms with Gasteiger partial charge in [0.2, 0.25) is 0 Å². The van der Waals surface area contributed by atoms with E-state index in [1.165, 1.54) is 17.0 Å². The van der Waals surface area contributed by atoms with Crippen LogP contribution in [0.3, 0.4) is 0 Å². The molecule has 0 fully saturated rings. The molecule has 0 saturated heterocycles. The number of anilines is 2. The number of hydrogen-bond donors (Lipinski definition) is 1. The largest absolute Gasteiger partial charge is 0.479 e. The zero-order valence-corrected chi connectivity index (χ0v) is 19.9. The van der Waals surface area contributed by atoms with Crippen molar-refractivity contribution in [2.24, 2.45) is 0 Å². The number of hydrogen-bond acceptors (Lipinski definition) is 4. The molecule has 0 spiro atoms. The minimum absolute atomic E-state index is 0.0260. The molecular weight excluding hydrogens is 482 g/mol. The predicted molar refractivity (Wildman–Crippen MR) is 129 cm³/mol. The van der Waals surface area contributed by atoms with E-state index in [2.05, 4.69) is 5.32 Å². The molecule has 1 heterocycles. The molecule has 0 bridgehead atoms. The van der Waals surface area contributed by atoms with Gasteiger partial charge < -0.3 is 19.7 Å². The Labute approximate surface area is 206 Å². The van der Waals surface area contributed by atoms with Gasteiger partial charge in [-0.2, -0.15) is 0 Å². The van der Waals surface area contributed by atoms with Crippen molar-refractivity contribution in [3.05, 3.63) is 82.1 Å². The average Bonchev–Trinajstić information content (AvgIpc) is 2.80. The fourth-order valence-electron chi connectivity index (χ4n) is 3.50. The highest BCUT2D eigenvalue weighted by Crippen LogP contribution is 2.37. The predicted octanol–water partition coefficient (Wildman–Crippen LogP) is 5.85. The van der Waals surface area contributed by atoms with Gasteiger partial charge in [0.15, 0.2) is 12.2 Å². The first kappa shape index (κ1) is 23.9. The molecule has 1 aliphatic rings. The number of ether oxygens (including phenoxy) is 2. The van der Waals surface area contributed by atoms with E-state index in [1.807, 2.05) is 0 Å². The normalized spacial score (nSPS) is 15.9. The Balaban J connectivity index is 1.54. The van der Waals surface area contributed by atoms with Gasteiger partial charge in [0.25, 0.3) is 11.8 Å². The number of carbonyl (C=O) groups is 2. The van der Waals surface area contributed by atoms with Crippen LogP contribution in [-0.4, -0.2) is 24.0 Å². The van der Waals surface area contributed by atoms with Gasteiger partial charge in [0.05, 0.1) is 17.3 Å². The molecule has 2 amide bonds. The molecule has 0 saturated carbocycles. The van der Waals surface area contributed by atoms with Crippen LogP contribution in [-0.2, 0) is 16.1 Å². The summed E-state index contributed by atoms with van der Waals surface area (Å²) in [7, 11) is 0. The zero-order chi connectivity index (χ0) is 24.4. The molecule has 3 aromatic rings. The smallest absolute Gasteiger partial charge is 0.268 e. The van der Waals surface area contributed by atoms with Gasteiger partial charge in [-0.1, -0.05) is 41.4 Å². The first-order valence-electron chi connectivity index (χ1n) is 10.5. The third-order valence-corrected chi connectivity index (χ3v) is 5.82. The fourth-order valence-corrected chi connectivity index (χ4v) is 3.96. The SMILES string of the molecule is CC(Oc1ccc(Cl)cc1Cl)C(=O)Nc1ccc2c(c1)N(Cc1ccccc1F)C(=O)C(C)O2. The number of nitrogens with one attached hydrogen (secondary N) is 1. The summed E-state index contributed by atoms with van der Waals surface area (Å²) in [5.74, 6) is -0.370. The Morgan fingerprint density at radius 2 is 1.94 bits per heavy atom. The van der Waals surface area contributed by atoms with Crippen LogP contribution in [0.4, 0.5) is 15.8 Å². The topological polar surface area (TPSA) is 67.9 Å². The molecule has 9 heteroatoms. The maximum absolute atomic E-state index is 14.3. The van der Waals surface area contributed by atoms with Crippen molar-refractivity contribution < 1.29 is 23.5 Å². The number of rotatable bonds is 6.